The van der Waals surface area contributed by atoms with Gasteiger partial charge in [0.15, 0.2) is 5.65 Å². The third kappa shape index (κ3) is 3.52. The Kier molecular flexibility index (Phi) is 4.85. The van der Waals surface area contributed by atoms with Gasteiger partial charge in [0.1, 0.15) is 4.60 Å². The molecule has 1 aliphatic carbocycles. The second-order valence-electron chi connectivity index (χ2n) is 8.26. The number of benzene rings is 1. The molecule has 0 aliphatic heterocycles. The number of anilines is 1. The molecule has 3 aromatic heterocycles. The Morgan fingerprint density at radius 1 is 1.26 bits per heavy atom. The average Bonchev–Trinajstić information content (AvgIpc) is 3.33. The molecule has 0 bridgehead atoms. The van der Waals surface area contributed by atoms with Gasteiger partial charge in [-0.3, -0.25) is 9.78 Å². The summed E-state index contributed by atoms with van der Waals surface area (Å²) in [5.41, 5.74) is 1.26. The van der Waals surface area contributed by atoms with Crippen LogP contribution in [0.2, 0.25) is 0 Å². The van der Waals surface area contributed by atoms with Crippen molar-refractivity contribution in [1.82, 2.24) is 30.0 Å². The lowest BCUT2D eigenvalue weighted by Crippen LogP contribution is -2.35. The van der Waals surface area contributed by atoms with Gasteiger partial charge >= 0.3 is 0 Å². The minimum absolute atomic E-state index is 0.0849. The Balaban J connectivity index is 1.48. The standard InChI is InChI=1S/C22H22BrN7O/c1-22(20(31)24-2)7-5-15(10-22)27-21-26-12-17-18(23)29-30(19(17)28-21)16-4-3-14-11-25-8-6-13(14)9-16/h3-4,6,8-9,11-12,15H,5,7,10H2,1-2H3,(H,24,31)(H,26,27,28)/t15-,22?/m1/s1. The molecule has 9 heteroatoms. The van der Waals surface area contributed by atoms with Crippen LogP contribution >= 0.6 is 15.9 Å². The van der Waals surface area contributed by atoms with Gasteiger partial charge in [-0.2, -0.15) is 10.1 Å². The molecule has 2 N–H and O–H groups in total. The zero-order chi connectivity index (χ0) is 21.6. The third-order valence-electron chi connectivity index (χ3n) is 6.10. The number of hydrogen-bond acceptors (Lipinski definition) is 6. The first kappa shape index (κ1) is 19.9. The van der Waals surface area contributed by atoms with Crippen LogP contribution in [0.3, 0.4) is 0 Å². The van der Waals surface area contributed by atoms with E-state index in [0.29, 0.717) is 16.2 Å². The van der Waals surface area contributed by atoms with Gasteiger partial charge in [-0.05, 0) is 58.8 Å². The molecule has 3 heterocycles. The van der Waals surface area contributed by atoms with E-state index in [1.165, 1.54) is 0 Å². The number of nitrogens with zero attached hydrogens (tertiary/aromatic N) is 5. The molecule has 1 aromatic carbocycles. The summed E-state index contributed by atoms with van der Waals surface area (Å²) in [6.07, 6.45) is 7.87. The van der Waals surface area contributed by atoms with E-state index in [0.717, 1.165) is 41.1 Å². The lowest BCUT2D eigenvalue weighted by molar-refractivity contribution is -0.129. The van der Waals surface area contributed by atoms with Gasteiger partial charge in [-0.15, -0.1) is 0 Å². The van der Waals surface area contributed by atoms with Crippen LogP contribution < -0.4 is 10.6 Å². The highest BCUT2D eigenvalue weighted by Crippen LogP contribution is 2.39. The second kappa shape index (κ2) is 7.56. The predicted octanol–water partition coefficient (Wildman–Crippen LogP) is 3.84. The molecule has 1 saturated carbocycles. The molecule has 158 valence electrons. The number of aromatic nitrogens is 5. The first-order chi connectivity index (χ1) is 15.0. The molecule has 1 amide bonds. The number of pyridine rings is 1. The summed E-state index contributed by atoms with van der Waals surface area (Å²) in [4.78, 5) is 25.6. The van der Waals surface area contributed by atoms with Gasteiger partial charge in [0.25, 0.3) is 0 Å². The zero-order valence-corrected chi connectivity index (χ0v) is 18.8. The van der Waals surface area contributed by atoms with Crippen LogP contribution in [0.5, 0.6) is 0 Å². The van der Waals surface area contributed by atoms with E-state index in [1.807, 2.05) is 36.0 Å². The number of carbonyl (C=O) groups excluding carboxylic acids is 1. The van der Waals surface area contributed by atoms with Crippen LogP contribution in [-0.2, 0) is 4.79 Å². The van der Waals surface area contributed by atoms with Gasteiger partial charge in [0.2, 0.25) is 11.9 Å². The van der Waals surface area contributed by atoms with Gasteiger partial charge in [0.05, 0.1) is 11.1 Å². The van der Waals surface area contributed by atoms with Crippen molar-refractivity contribution in [2.75, 3.05) is 12.4 Å². The van der Waals surface area contributed by atoms with Crippen LogP contribution in [0.25, 0.3) is 27.5 Å². The Morgan fingerprint density at radius 3 is 2.97 bits per heavy atom. The van der Waals surface area contributed by atoms with E-state index < -0.39 is 0 Å². The van der Waals surface area contributed by atoms with E-state index in [-0.39, 0.29) is 17.4 Å². The largest absolute Gasteiger partial charge is 0.359 e. The fourth-order valence-corrected chi connectivity index (χ4v) is 4.81. The summed E-state index contributed by atoms with van der Waals surface area (Å²) in [6.45, 7) is 2.01. The minimum Gasteiger partial charge on any atom is -0.359 e. The van der Waals surface area contributed by atoms with Crippen molar-refractivity contribution in [3.05, 3.63) is 47.5 Å². The Hall–Kier alpha value is -3.07. The zero-order valence-electron chi connectivity index (χ0n) is 17.3. The number of rotatable bonds is 4. The first-order valence-corrected chi connectivity index (χ1v) is 11.0. The summed E-state index contributed by atoms with van der Waals surface area (Å²) < 4.78 is 2.51. The normalized spacial score (nSPS) is 20.9. The first-order valence-electron chi connectivity index (χ1n) is 10.2. The highest BCUT2D eigenvalue weighted by atomic mass is 79.9. The van der Waals surface area contributed by atoms with Crippen molar-refractivity contribution >= 4 is 49.6 Å². The van der Waals surface area contributed by atoms with E-state index in [4.69, 9.17) is 4.98 Å². The molecule has 31 heavy (non-hydrogen) atoms. The summed E-state index contributed by atoms with van der Waals surface area (Å²) in [6, 6.07) is 8.22. The molecule has 1 aliphatic rings. The van der Waals surface area contributed by atoms with E-state index >= 15 is 0 Å². The van der Waals surface area contributed by atoms with Crippen molar-refractivity contribution < 1.29 is 4.79 Å². The summed E-state index contributed by atoms with van der Waals surface area (Å²) in [7, 11) is 1.69. The Morgan fingerprint density at radius 2 is 2.13 bits per heavy atom. The van der Waals surface area contributed by atoms with Crippen molar-refractivity contribution in [2.45, 2.75) is 32.2 Å². The smallest absolute Gasteiger partial charge is 0.225 e. The fourth-order valence-electron chi connectivity index (χ4n) is 4.38. The van der Waals surface area contributed by atoms with Crippen LogP contribution in [0, 0.1) is 5.41 Å². The fraction of sp³-hybridized carbons (Fsp3) is 0.318. The summed E-state index contributed by atoms with van der Waals surface area (Å²) in [5, 5.41) is 13.8. The maximum absolute atomic E-state index is 12.2. The molecular formula is C22H22BrN7O. The van der Waals surface area contributed by atoms with Crippen molar-refractivity contribution in [2.24, 2.45) is 5.41 Å². The second-order valence-corrected chi connectivity index (χ2v) is 9.02. The van der Waals surface area contributed by atoms with Gasteiger partial charge < -0.3 is 10.6 Å². The molecule has 4 aromatic rings. The number of fused-ring (bicyclic) bond motifs is 2. The number of nitrogens with one attached hydrogen (secondary N) is 2. The number of hydrogen-bond donors (Lipinski definition) is 2. The van der Waals surface area contributed by atoms with Crippen LogP contribution in [0.4, 0.5) is 5.95 Å². The maximum Gasteiger partial charge on any atom is 0.225 e. The quantitative estimate of drug-likeness (QED) is 0.461. The number of halogens is 1. The maximum atomic E-state index is 12.2. The summed E-state index contributed by atoms with van der Waals surface area (Å²) in [5.74, 6) is 0.624. The minimum atomic E-state index is -0.360. The van der Waals surface area contributed by atoms with Gasteiger partial charge in [-0.1, -0.05) is 13.0 Å². The van der Waals surface area contributed by atoms with Crippen LogP contribution in [0.15, 0.2) is 47.5 Å². The molecule has 0 radical (unpaired) electrons. The van der Waals surface area contributed by atoms with Gasteiger partial charge in [0, 0.05) is 42.5 Å². The monoisotopic (exact) mass is 479 g/mol. The molecule has 1 fully saturated rings. The topological polar surface area (TPSA) is 97.6 Å². The molecule has 1 unspecified atom stereocenters. The average molecular weight is 480 g/mol. The molecular weight excluding hydrogens is 458 g/mol. The lowest BCUT2D eigenvalue weighted by atomic mass is 9.87. The third-order valence-corrected chi connectivity index (χ3v) is 6.68. The van der Waals surface area contributed by atoms with Gasteiger partial charge in [-0.25, -0.2) is 9.67 Å². The molecule has 8 nitrogen and oxygen atoms in total. The van der Waals surface area contributed by atoms with Crippen molar-refractivity contribution in [1.29, 1.82) is 0 Å². The molecule has 2 atom stereocenters. The van der Waals surface area contributed by atoms with Crippen LogP contribution in [0.1, 0.15) is 26.2 Å². The highest BCUT2D eigenvalue weighted by molar-refractivity contribution is 9.10. The van der Waals surface area contributed by atoms with E-state index in [1.54, 1.807) is 19.4 Å². The van der Waals surface area contributed by atoms with Crippen LogP contribution in [-0.4, -0.2) is 43.7 Å². The molecule has 0 saturated heterocycles. The Labute approximate surface area is 187 Å². The summed E-state index contributed by atoms with van der Waals surface area (Å²) >= 11 is 3.53. The van der Waals surface area contributed by atoms with E-state index in [2.05, 4.69) is 47.7 Å². The van der Waals surface area contributed by atoms with Crippen molar-refractivity contribution in [3.63, 3.8) is 0 Å². The SMILES string of the molecule is CNC(=O)C1(C)CC[C@@H](Nc2ncc3c(Br)nn(-c4ccc5cnccc5c4)c3n2)C1. The molecule has 5 rings (SSSR count). The highest BCUT2D eigenvalue weighted by Gasteiger charge is 2.40. The van der Waals surface area contributed by atoms with Crippen molar-refractivity contribution in [3.8, 4) is 5.69 Å². The lowest BCUT2D eigenvalue weighted by Gasteiger charge is -2.22. The number of carbonyl (C=O) groups is 1. The predicted molar refractivity (Wildman–Crippen MR) is 123 cm³/mol. The number of amides is 1. The van der Waals surface area contributed by atoms with E-state index in [9.17, 15) is 4.79 Å². The molecule has 0 spiro atoms. The Bertz CT molecular complexity index is 1300.